The van der Waals surface area contributed by atoms with Crippen molar-refractivity contribution in [3.63, 3.8) is 0 Å². The van der Waals surface area contributed by atoms with Crippen molar-refractivity contribution in [2.24, 2.45) is 16.6 Å². The Morgan fingerprint density at radius 2 is 1.30 bits per heavy atom. The maximum atomic E-state index is 11.7. The molecule has 4 aliphatic rings. The number of amides is 2. The number of pyridine rings is 1. The number of anilines is 1. The number of rotatable bonds is 12. The first-order valence-corrected chi connectivity index (χ1v) is 29.1. The minimum absolute atomic E-state index is 0. The molecule has 0 bridgehead atoms. The van der Waals surface area contributed by atoms with Gasteiger partial charge in [-0.2, -0.15) is 5.01 Å². The Morgan fingerprint density at radius 3 is 1.65 bits per heavy atom. The second-order valence-corrected chi connectivity index (χ2v) is 24.3. The fraction of sp³-hybridized carbons (Fsp3) is 0.895. The van der Waals surface area contributed by atoms with Gasteiger partial charge in [0, 0.05) is 43.0 Å². The van der Waals surface area contributed by atoms with Crippen LogP contribution in [0.5, 0.6) is 0 Å². The summed E-state index contributed by atoms with van der Waals surface area (Å²) in [6.07, 6.45) is -0.449. The monoisotopic (exact) mass is 1260 g/mol. The summed E-state index contributed by atoms with van der Waals surface area (Å²) in [5, 5.41) is 111. The van der Waals surface area contributed by atoms with Gasteiger partial charge in [-0.25, -0.2) is 4.79 Å². The lowest BCUT2D eigenvalue weighted by molar-refractivity contribution is -0.378. The average molecular weight is 1270 g/mol. The van der Waals surface area contributed by atoms with Crippen molar-refractivity contribution in [1.82, 2.24) is 15.3 Å². The smallest absolute Gasteiger partial charge is 0.340 e. The van der Waals surface area contributed by atoms with Crippen molar-refractivity contribution in [3.05, 3.63) is 28.4 Å². The summed E-state index contributed by atoms with van der Waals surface area (Å²) in [6.45, 7) is 25.6. The summed E-state index contributed by atoms with van der Waals surface area (Å²) >= 11 is 5.19. The van der Waals surface area contributed by atoms with E-state index >= 15 is 0 Å². The van der Waals surface area contributed by atoms with E-state index in [1.54, 1.807) is 20.8 Å². The van der Waals surface area contributed by atoms with E-state index in [9.17, 15) is 60.2 Å². The molecule has 14 atom stereocenters. The third-order valence-corrected chi connectivity index (χ3v) is 17.0. The van der Waals surface area contributed by atoms with Crippen LogP contribution >= 0.6 is 19.2 Å². The lowest BCUT2D eigenvalue weighted by Crippen LogP contribution is -2.77. The largest absolute Gasteiger partial charge is 0.398 e. The highest BCUT2D eigenvalue weighted by Crippen LogP contribution is 2.52. The number of aromatic nitrogens is 1. The number of ether oxygens (including phenoxy) is 4. The minimum Gasteiger partial charge on any atom is -0.398 e. The molecule has 3 saturated heterocycles. The van der Waals surface area contributed by atoms with Crippen LogP contribution in [-0.4, -0.2) is 208 Å². The average Bonchev–Trinajstić information content (AvgIpc) is 3.40. The highest BCUT2D eigenvalue weighted by Gasteiger charge is 2.60. The minimum atomic E-state index is -2.79. The van der Waals surface area contributed by atoms with Crippen LogP contribution in [0.2, 0.25) is 0 Å². The fourth-order valence-corrected chi connectivity index (χ4v) is 9.30. The van der Waals surface area contributed by atoms with Crippen LogP contribution < -0.4 is 11.1 Å². The number of urea groups is 1. The van der Waals surface area contributed by atoms with Crippen LogP contribution in [-0.2, 0) is 39.0 Å². The van der Waals surface area contributed by atoms with Crippen molar-refractivity contribution >= 4 is 30.9 Å². The van der Waals surface area contributed by atoms with Gasteiger partial charge >= 0.3 is 13.6 Å². The zero-order chi connectivity index (χ0) is 62.1. The third kappa shape index (κ3) is 27.6. The number of carbonyl (C=O) groups is 1. The Hall–Kier alpha value is -2.34. The molecule has 1 aromatic heterocycles. The number of nitrogen functional groups attached to an aromatic ring is 1. The van der Waals surface area contributed by atoms with Gasteiger partial charge in [-0.1, -0.05) is 118 Å². The molecular formula is C57H123ClN5O20P. The first-order valence-electron chi connectivity index (χ1n) is 26.9. The molecule has 4 fully saturated rings. The number of nitrogens with two attached hydrogens (primary N) is 1. The van der Waals surface area contributed by atoms with Crippen molar-refractivity contribution < 1.29 is 93.5 Å². The predicted octanol–water partition coefficient (Wildman–Crippen LogP) is 7.17. The van der Waals surface area contributed by atoms with Crippen molar-refractivity contribution in [1.29, 1.82) is 0 Å². The standard InChI is InChI=1S/C10H19N3O7.C9H18O5.C8H12N2.C8H16O5.C7H17O3P.C7H14.C3H7Cl.5CH4/c1-9(11-8(17)13(3)12-19)7(16)6(15)5(4-14)20-10(9,2)18;1-5-6(10)7(11)8(2,12)9(3,13-4)14-5;1-3-7-5-10-6(2)4-8(7)9;1-8(2)6(11)5(10)4(3-9)13-7(8)12;1-5-9-11(8,7(3)4)10-6-2;1-7-5-3-2-4-6-7;1-2-3-4;;;;;/h5-7,14-16,18H,4H2,1-3H3,(H,11,17);5-7,10-12H,1-4H3;4-5H,3H2,1-2H3,(H2,9,10);4-7,9-12H,3H2,1-2H3;7H,5-6H2,1-4H3;7H,2-6H2,1H3;2-3H2,1H3;5*1H4/t5?,6-,7-,9?,10+;5?,6-,7-,8?,9+;;4?,5-,6-,7+;;;;;;;;/m11.1......../s1. The van der Waals surface area contributed by atoms with E-state index in [0.717, 1.165) is 55.6 Å². The number of carbonyl (C=O) groups excluding carboxylic acids is 1. The summed E-state index contributed by atoms with van der Waals surface area (Å²) < 4.78 is 42.2. The Kier molecular flexibility index (Phi) is 50.1. The second kappa shape index (κ2) is 44.2. The molecule has 2 amide bonds. The topological polar surface area (TPSA) is 396 Å². The maximum Gasteiger partial charge on any atom is 0.340 e. The normalized spacial score (nSPS) is 31.1. The molecule has 0 radical (unpaired) electrons. The molecule has 0 aromatic carbocycles. The van der Waals surface area contributed by atoms with Gasteiger partial charge in [0.1, 0.15) is 53.9 Å². The summed E-state index contributed by atoms with van der Waals surface area (Å²) in [5.74, 6) is -1.59. The number of hydrogen-bond donors (Lipinski definition) is 13. The molecule has 5 unspecified atom stereocenters. The van der Waals surface area contributed by atoms with Gasteiger partial charge in [0.05, 0.1) is 49.6 Å². The van der Waals surface area contributed by atoms with Gasteiger partial charge in [-0.15, -0.1) is 16.5 Å². The Balaban J connectivity index is -0.000000169. The summed E-state index contributed by atoms with van der Waals surface area (Å²) in [6, 6.07) is 0.902. The van der Waals surface area contributed by atoms with Crippen LogP contribution in [0.25, 0.3) is 0 Å². The summed E-state index contributed by atoms with van der Waals surface area (Å²) in [4.78, 5) is 26.1. The van der Waals surface area contributed by atoms with Gasteiger partial charge < -0.3 is 95.2 Å². The highest BCUT2D eigenvalue weighted by atomic mass is 35.5. The van der Waals surface area contributed by atoms with E-state index in [1.165, 1.54) is 60.0 Å². The van der Waals surface area contributed by atoms with E-state index < -0.39 is 116 Å². The number of halogens is 1. The number of aliphatic hydroxyl groups is 11. The van der Waals surface area contributed by atoms with E-state index in [4.69, 9.17) is 55.5 Å². The highest BCUT2D eigenvalue weighted by molar-refractivity contribution is 7.54. The second-order valence-electron chi connectivity index (χ2n) is 21.3. The third-order valence-electron chi connectivity index (χ3n) is 14.2. The molecule has 1 aliphatic carbocycles. The molecule has 3 aliphatic heterocycles. The van der Waals surface area contributed by atoms with Gasteiger partial charge in [-0.05, 0) is 85.8 Å². The van der Waals surface area contributed by atoms with E-state index in [-0.39, 0.29) is 42.8 Å². The van der Waals surface area contributed by atoms with Gasteiger partial charge in [-0.3, -0.25) is 9.55 Å². The summed E-state index contributed by atoms with van der Waals surface area (Å²) in [7, 11) is -0.338. The number of hydrogen-bond acceptors (Lipinski definition) is 23. The molecule has 0 spiro atoms. The molecule has 14 N–H and O–H groups in total. The van der Waals surface area contributed by atoms with Crippen LogP contribution in [0, 0.1) is 23.2 Å². The van der Waals surface area contributed by atoms with Crippen molar-refractivity contribution in [3.8, 4) is 0 Å². The van der Waals surface area contributed by atoms with Crippen LogP contribution in [0.1, 0.15) is 184 Å². The quantitative estimate of drug-likeness (QED) is 0.0427. The Morgan fingerprint density at radius 1 is 0.833 bits per heavy atom. The summed E-state index contributed by atoms with van der Waals surface area (Å²) in [5.41, 5.74) is 4.21. The molecule has 84 heavy (non-hydrogen) atoms. The van der Waals surface area contributed by atoms with Crippen molar-refractivity contribution in [2.75, 3.05) is 52.2 Å². The van der Waals surface area contributed by atoms with Crippen LogP contribution in [0.15, 0.2) is 17.5 Å². The molecule has 1 saturated carbocycles. The van der Waals surface area contributed by atoms with E-state index in [2.05, 4.69) is 29.4 Å². The number of aryl methyl sites for hydroxylation is 2. The number of methoxy groups -OCH3 is 1. The van der Waals surface area contributed by atoms with Gasteiger partial charge in [0.25, 0.3) is 0 Å². The van der Waals surface area contributed by atoms with Gasteiger partial charge in [0.2, 0.25) is 0 Å². The van der Waals surface area contributed by atoms with E-state index in [0.29, 0.717) is 18.2 Å². The van der Waals surface area contributed by atoms with Gasteiger partial charge in [0.15, 0.2) is 17.9 Å². The van der Waals surface area contributed by atoms with Crippen LogP contribution in [0.3, 0.4) is 0 Å². The molecule has 27 heteroatoms. The zero-order valence-corrected chi connectivity index (χ0v) is 51.6. The van der Waals surface area contributed by atoms with Crippen molar-refractivity contribution in [2.45, 2.75) is 276 Å². The maximum absolute atomic E-state index is 11.7. The molecule has 1 aromatic rings. The number of aliphatic hydroxyl groups excluding tert-OH is 9. The molecular weight excluding hydrogens is 1140 g/mol. The lowest BCUT2D eigenvalue weighted by atomic mass is 9.79. The zero-order valence-electron chi connectivity index (χ0n) is 49.9. The number of nitrogens with zero attached hydrogens (tertiary/aromatic N) is 3. The number of nitrogens with one attached hydrogen (secondary N) is 1. The Bertz CT molecular complexity index is 1900. The van der Waals surface area contributed by atoms with Crippen LogP contribution in [0.4, 0.5) is 10.5 Å². The molecule has 25 nitrogen and oxygen atoms in total. The fourth-order valence-electron chi connectivity index (χ4n) is 7.91. The molecule has 508 valence electrons. The number of nitroso groups, excluding NO2 is 1. The van der Waals surface area contributed by atoms with E-state index in [1.807, 2.05) is 53.8 Å². The Labute approximate surface area is 510 Å². The SMILES string of the molecule is C.C.C.C.C.CC1(C)[C@H](O)[C@H](O)C(CO)O[C@@H]1O.CC1CCCCC1.CCCCl.CCOP(=O)(OCC)C(C)C.CCc1cnc(C)cc1N.CN(N=O)C(=O)NC1(C)[C@H](O)[C@H](O)C(CO)O[C@]1(C)O.CO[C@@]1(C)OC(C)[C@@H](O)[C@@H](O)C1(C)O. The molecule has 4 heterocycles. The predicted molar refractivity (Wildman–Crippen MR) is 333 cm³/mol. The first-order chi connectivity index (χ1) is 36.4. The first kappa shape index (κ1) is 95.3. The lowest BCUT2D eigenvalue weighted by Gasteiger charge is -2.53. The molecule has 5 rings (SSSR count). The number of alkyl halides is 1.